The Kier molecular flexibility index (Phi) is 5.08. The van der Waals surface area contributed by atoms with Gasteiger partial charge in [0.25, 0.3) is 5.91 Å². The van der Waals surface area contributed by atoms with Gasteiger partial charge in [0.1, 0.15) is 16.8 Å². The minimum absolute atomic E-state index is 0.156. The van der Waals surface area contributed by atoms with Gasteiger partial charge in [0.05, 0.1) is 36.5 Å². The fourth-order valence-electron chi connectivity index (χ4n) is 4.96. The molecule has 1 amide bonds. The number of pyridine rings is 1. The van der Waals surface area contributed by atoms with Gasteiger partial charge in [-0.05, 0) is 42.9 Å². The molecule has 0 saturated heterocycles. The molecule has 0 atom stereocenters. The van der Waals surface area contributed by atoms with E-state index in [0.717, 1.165) is 70.6 Å². The van der Waals surface area contributed by atoms with Gasteiger partial charge in [-0.3, -0.25) is 14.4 Å². The Morgan fingerprint density at radius 3 is 2.58 bits per heavy atom. The second-order valence-electron chi connectivity index (χ2n) is 10.0. The van der Waals surface area contributed by atoms with Crippen LogP contribution < -0.4 is 4.90 Å². The summed E-state index contributed by atoms with van der Waals surface area (Å²) >= 11 is 6.45. The predicted molar refractivity (Wildman–Crippen MR) is 135 cm³/mol. The molecule has 0 unspecified atom stereocenters. The van der Waals surface area contributed by atoms with Gasteiger partial charge in [0, 0.05) is 48.3 Å². The second kappa shape index (κ2) is 8.35. The zero-order valence-corrected chi connectivity index (χ0v) is 20.7. The number of rotatable bonds is 6. The molecular formula is C27H25ClN6O2. The lowest BCUT2D eigenvalue weighted by Gasteiger charge is -2.23. The molecule has 1 aliphatic heterocycles. The first-order valence-corrected chi connectivity index (χ1v) is 12.8. The van der Waals surface area contributed by atoms with Gasteiger partial charge < -0.3 is 4.74 Å². The van der Waals surface area contributed by atoms with Gasteiger partial charge in [-0.25, -0.2) is 15.0 Å². The number of amides is 1. The number of halogens is 1. The molecule has 0 spiro atoms. The summed E-state index contributed by atoms with van der Waals surface area (Å²) in [6, 6.07) is 8.14. The SMILES string of the molecule is Cn1nc(C2CC2)cc1N(Cc1ccc2c3c(c(Cl)nc2c1)COC3)C(=O)c1cnc(C2CC2)nc1. The molecule has 2 saturated carbocycles. The summed E-state index contributed by atoms with van der Waals surface area (Å²) in [6.07, 6.45) is 7.83. The maximum absolute atomic E-state index is 13.8. The Hall–Kier alpha value is -3.36. The summed E-state index contributed by atoms with van der Waals surface area (Å²) in [4.78, 5) is 29.1. The van der Waals surface area contributed by atoms with Crippen LogP contribution in [0.4, 0.5) is 5.82 Å². The van der Waals surface area contributed by atoms with Gasteiger partial charge in [0.2, 0.25) is 0 Å². The quantitative estimate of drug-likeness (QED) is 0.345. The number of nitrogens with zero attached hydrogens (tertiary/aromatic N) is 6. The first kappa shape index (κ1) is 21.9. The maximum atomic E-state index is 13.8. The number of carbonyl (C=O) groups is 1. The third-order valence-electron chi connectivity index (χ3n) is 7.31. The minimum Gasteiger partial charge on any atom is -0.372 e. The molecule has 3 aliphatic rings. The van der Waals surface area contributed by atoms with E-state index in [9.17, 15) is 4.79 Å². The zero-order chi connectivity index (χ0) is 24.4. The summed E-state index contributed by atoms with van der Waals surface area (Å²) in [6.45, 7) is 1.39. The van der Waals surface area contributed by atoms with E-state index in [0.29, 0.717) is 42.3 Å². The highest BCUT2D eigenvalue weighted by Crippen LogP contribution is 2.41. The smallest absolute Gasteiger partial charge is 0.262 e. The van der Waals surface area contributed by atoms with E-state index >= 15 is 0 Å². The van der Waals surface area contributed by atoms with Crippen LogP contribution in [0.15, 0.2) is 36.7 Å². The van der Waals surface area contributed by atoms with Crippen molar-refractivity contribution >= 4 is 34.2 Å². The van der Waals surface area contributed by atoms with E-state index in [2.05, 4.69) is 21.0 Å². The molecule has 0 radical (unpaired) electrons. The van der Waals surface area contributed by atoms with Crippen molar-refractivity contribution < 1.29 is 9.53 Å². The van der Waals surface area contributed by atoms with Gasteiger partial charge in [0.15, 0.2) is 0 Å². The highest BCUT2D eigenvalue weighted by molar-refractivity contribution is 6.30. The Morgan fingerprint density at radius 2 is 1.83 bits per heavy atom. The van der Waals surface area contributed by atoms with Crippen molar-refractivity contribution in [2.24, 2.45) is 7.05 Å². The topological polar surface area (TPSA) is 86.0 Å². The Bertz CT molecular complexity index is 1510. The summed E-state index contributed by atoms with van der Waals surface area (Å²) < 4.78 is 7.40. The Morgan fingerprint density at radius 1 is 1.08 bits per heavy atom. The molecule has 4 heterocycles. The van der Waals surface area contributed by atoms with Crippen LogP contribution in [0, 0.1) is 0 Å². The minimum atomic E-state index is -0.156. The maximum Gasteiger partial charge on any atom is 0.262 e. The predicted octanol–water partition coefficient (Wildman–Crippen LogP) is 5.04. The number of aromatic nitrogens is 5. The van der Waals surface area contributed by atoms with E-state index in [1.165, 1.54) is 0 Å². The molecule has 36 heavy (non-hydrogen) atoms. The fraction of sp³-hybridized carbons (Fsp3) is 0.370. The number of anilines is 1. The lowest BCUT2D eigenvalue weighted by Crippen LogP contribution is -2.32. The summed E-state index contributed by atoms with van der Waals surface area (Å²) in [7, 11) is 1.89. The molecule has 3 aromatic heterocycles. The number of fused-ring (bicyclic) bond motifs is 3. The summed E-state index contributed by atoms with van der Waals surface area (Å²) in [5.41, 5.74) is 5.31. The highest BCUT2D eigenvalue weighted by Gasteiger charge is 2.31. The van der Waals surface area contributed by atoms with Crippen LogP contribution in [-0.4, -0.2) is 30.6 Å². The van der Waals surface area contributed by atoms with Crippen LogP contribution in [-0.2, 0) is 31.5 Å². The summed E-state index contributed by atoms with van der Waals surface area (Å²) in [5, 5.41) is 6.22. The average Bonchev–Trinajstić information content (AvgIpc) is 3.82. The van der Waals surface area contributed by atoms with Gasteiger partial charge in [-0.1, -0.05) is 23.7 Å². The lowest BCUT2D eigenvalue weighted by atomic mass is 10.0. The number of aryl methyl sites for hydroxylation is 1. The Balaban J connectivity index is 1.26. The largest absolute Gasteiger partial charge is 0.372 e. The molecule has 2 fully saturated rings. The van der Waals surface area contributed by atoms with Gasteiger partial charge in [-0.2, -0.15) is 5.10 Å². The number of benzene rings is 1. The third kappa shape index (κ3) is 3.85. The zero-order valence-electron chi connectivity index (χ0n) is 19.9. The fourth-order valence-corrected chi connectivity index (χ4v) is 5.22. The molecule has 4 aromatic rings. The first-order chi connectivity index (χ1) is 17.5. The van der Waals surface area contributed by atoms with E-state index in [4.69, 9.17) is 21.4 Å². The standard InChI is InChI=1S/C27H25ClN6O2/c1-33-24(9-22(32-33)16-3-4-16)34(27(35)18-10-29-26(30-11-18)17-5-6-17)12-15-2-7-19-20-13-36-14-21(20)25(28)31-23(19)8-15/h2,7-11,16-17H,3-6,12-14H2,1H3. The van der Waals surface area contributed by atoms with Gasteiger partial charge >= 0.3 is 0 Å². The number of hydrogen-bond donors (Lipinski definition) is 0. The third-order valence-corrected chi connectivity index (χ3v) is 7.62. The lowest BCUT2D eigenvalue weighted by molar-refractivity contribution is 0.0982. The van der Waals surface area contributed by atoms with Crippen LogP contribution >= 0.6 is 11.6 Å². The first-order valence-electron chi connectivity index (χ1n) is 12.4. The van der Waals surface area contributed by atoms with E-state index in [-0.39, 0.29) is 5.91 Å². The van der Waals surface area contributed by atoms with Crippen molar-refractivity contribution in [3.05, 3.63) is 75.6 Å². The van der Waals surface area contributed by atoms with Crippen molar-refractivity contribution in [1.82, 2.24) is 24.7 Å². The molecule has 7 rings (SSSR count). The molecule has 0 bridgehead atoms. The van der Waals surface area contributed by atoms with Crippen molar-refractivity contribution in [2.45, 2.75) is 57.3 Å². The van der Waals surface area contributed by atoms with E-state index in [1.807, 2.05) is 25.2 Å². The second-order valence-corrected chi connectivity index (χ2v) is 10.4. The number of carbonyl (C=O) groups excluding carboxylic acids is 1. The highest BCUT2D eigenvalue weighted by atomic mass is 35.5. The number of hydrogen-bond acceptors (Lipinski definition) is 6. The van der Waals surface area contributed by atoms with Crippen molar-refractivity contribution in [3.63, 3.8) is 0 Å². The van der Waals surface area contributed by atoms with Gasteiger partial charge in [-0.15, -0.1) is 0 Å². The molecule has 9 heteroatoms. The Labute approximate surface area is 213 Å². The van der Waals surface area contributed by atoms with Crippen molar-refractivity contribution in [2.75, 3.05) is 4.90 Å². The molecule has 182 valence electrons. The number of ether oxygens (including phenoxy) is 1. The van der Waals surface area contributed by atoms with Crippen LogP contribution in [0.2, 0.25) is 5.15 Å². The van der Waals surface area contributed by atoms with Crippen LogP contribution in [0.1, 0.15) is 76.1 Å². The molecular weight excluding hydrogens is 476 g/mol. The monoisotopic (exact) mass is 500 g/mol. The van der Waals surface area contributed by atoms with Crippen LogP contribution in [0.25, 0.3) is 10.9 Å². The normalized spacial score (nSPS) is 16.9. The average molecular weight is 501 g/mol. The summed E-state index contributed by atoms with van der Waals surface area (Å²) in [5.74, 6) is 2.34. The molecule has 0 N–H and O–H groups in total. The molecule has 2 aliphatic carbocycles. The molecule has 8 nitrogen and oxygen atoms in total. The van der Waals surface area contributed by atoms with E-state index < -0.39 is 0 Å². The van der Waals surface area contributed by atoms with Crippen LogP contribution in [0.5, 0.6) is 0 Å². The van der Waals surface area contributed by atoms with Crippen molar-refractivity contribution in [3.8, 4) is 0 Å². The molecule has 1 aromatic carbocycles. The van der Waals surface area contributed by atoms with Crippen molar-refractivity contribution in [1.29, 1.82) is 0 Å². The van der Waals surface area contributed by atoms with E-state index in [1.54, 1.807) is 22.0 Å². The van der Waals surface area contributed by atoms with Crippen LogP contribution in [0.3, 0.4) is 0 Å².